The number of anilines is 1. The molecule has 2 aromatic heterocycles. The van der Waals surface area contributed by atoms with E-state index in [-0.39, 0.29) is 11.8 Å². The van der Waals surface area contributed by atoms with Crippen molar-refractivity contribution >= 4 is 34.4 Å². The molecule has 1 atom stereocenters. The lowest BCUT2D eigenvalue weighted by molar-refractivity contribution is -0.126. The van der Waals surface area contributed by atoms with Crippen LogP contribution < -0.4 is 4.90 Å². The SMILES string of the molecule is CN1CC(Cn2cnc3c(N4CCOCC4)cc(Cl)nc32)CC1=O. The topological polar surface area (TPSA) is 63.5 Å². The van der Waals surface area contributed by atoms with E-state index in [1.807, 2.05) is 17.7 Å². The number of nitrogens with zero attached hydrogens (tertiary/aromatic N) is 5. The molecule has 4 heterocycles. The van der Waals surface area contributed by atoms with Gasteiger partial charge in [0, 0.05) is 51.6 Å². The molecule has 4 rings (SSSR count). The quantitative estimate of drug-likeness (QED) is 0.784. The van der Waals surface area contributed by atoms with Gasteiger partial charge in [-0.15, -0.1) is 0 Å². The van der Waals surface area contributed by atoms with Gasteiger partial charge in [0.2, 0.25) is 5.91 Å². The summed E-state index contributed by atoms with van der Waals surface area (Å²) in [5.41, 5.74) is 2.65. The molecule has 1 amide bonds. The van der Waals surface area contributed by atoms with Crippen LogP contribution in [0.4, 0.5) is 5.69 Å². The van der Waals surface area contributed by atoms with Crippen LogP contribution in [0.1, 0.15) is 6.42 Å². The fourth-order valence-corrected chi connectivity index (χ4v) is 3.71. The summed E-state index contributed by atoms with van der Waals surface area (Å²) < 4.78 is 7.44. The van der Waals surface area contributed by atoms with Gasteiger partial charge < -0.3 is 19.1 Å². The Labute approximate surface area is 145 Å². The van der Waals surface area contributed by atoms with Gasteiger partial charge in [0.25, 0.3) is 0 Å². The number of morpholine rings is 1. The Kier molecular flexibility index (Phi) is 4.05. The predicted octanol–water partition coefficient (Wildman–Crippen LogP) is 1.40. The average molecular weight is 350 g/mol. The Morgan fingerprint density at radius 2 is 2.17 bits per heavy atom. The number of likely N-dealkylation sites (tertiary alicyclic amines) is 1. The van der Waals surface area contributed by atoms with Crippen LogP contribution in [0, 0.1) is 5.92 Å². The van der Waals surface area contributed by atoms with Gasteiger partial charge in [0.15, 0.2) is 5.65 Å². The van der Waals surface area contributed by atoms with Gasteiger partial charge in [-0.05, 0) is 0 Å². The zero-order chi connectivity index (χ0) is 16.7. The summed E-state index contributed by atoms with van der Waals surface area (Å²) in [4.78, 5) is 24.8. The van der Waals surface area contributed by atoms with Crippen molar-refractivity contribution in [2.75, 3.05) is 44.8 Å². The van der Waals surface area contributed by atoms with Crippen molar-refractivity contribution in [1.82, 2.24) is 19.4 Å². The number of rotatable bonds is 3. The highest BCUT2D eigenvalue weighted by Gasteiger charge is 2.28. The fourth-order valence-electron chi connectivity index (χ4n) is 3.52. The molecule has 2 aliphatic heterocycles. The highest BCUT2D eigenvalue weighted by molar-refractivity contribution is 6.30. The number of carbonyl (C=O) groups excluding carboxylic acids is 1. The molecule has 7 nitrogen and oxygen atoms in total. The zero-order valence-corrected chi connectivity index (χ0v) is 14.4. The second kappa shape index (κ2) is 6.22. The van der Waals surface area contributed by atoms with E-state index in [2.05, 4.69) is 14.9 Å². The Morgan fingerprint density at radius 1 is 1.38 bits per heavy atom. The normalized spacial score (nSPS) is 21.9. The summed E-state index contributed by atoms with van der Waals surface area (Å²) in [5.74, 6) is 0.483. The minimum Gasteiger partial charge on any atom is -0.378 e. The number of pyridine rings is 1. The van der Waals surface area contributed by atoms with Gasteiger partial charge in [-0.2, -0.15) is 0 Å². The lowest BCUT2D eigenvalue weighted by atomic mass is 10.1. The van der Waals surface area contributed by atoms with Crippen LogP contribution in [0.25, 0.3) is 11.2 Å². The first-order valence-electron chi connectivity index (χ1n) is 8.20. The van der Waals surface area contributed by atoms with E-state index in [9.17, 15) is 4.79 Å². The molecule has 0 aromatic carbocycles. The Hall–Kier alpha value is -1.86. The zero-order valence-electron chi connectivity index (χ0n) is 13.6. The molecule has 0 N–H and O–H groups in total. The standard InChI is InChI=1S/C16H20ClN5O2/c1-20-8-11(6-14(20)23)9-22-10-18-15-12(7-13(17)19-16(15)22)21-2-4-24-5-3-21/h7,10-11H,2-6,8-9H2,1H3. The summed E-state index contributed by atoms with van der Waals surface area (Å²) >= 11 is 6.26. The maximum absolute atomic E-state index is 11.7. The summed E-state index contributed by atoms with van der Waals surface area (Å²) in [6.45, 7) is 4.56. The van der Waals surface area contributed by atoms with Crippen LogP contribution in [0.2, 0.25) is 5.15 Å². The smallest absolute Gasteiger partial charge is 0.222 e. The lowest BCUT2D eigenvalue weighted by Gasteiger charge is -2.29. The first-order valence-corrected chi connectivity index (χ1v) is 8.57. The second-order valence-corrected chi connectivity index (χ2v) is 6.86. The molecule has 8 heteroatoms. The number of carbonyl (C=O) groups is 1. The van der Waals surface area contributed by atoms with Crippen LogP contribution in [-0.4, -0.2) is 65.2 Å². The van der Waals surface area contributed by atoms with Crippen molar-refractivity contribution in [1.29, 1.82) is 0 Å². The van der Waals surface area contributed by atoms with Crippen molar-refractivity contribution in [3.05, 3.63) is 17.5 Å². The maximum atomic E-state index is 11.7. The van der Waals surface area contributed by atoms with Crippen LogP contribution in [0.15, 0.2) is 12.4 Å². The molecule has 0 aliphatic carbocycles. The number of imidazole rings is 1. The molecule has 1 unspecified atom stereocenters. The summed E-state index contributed by atoms with van der Waals surface area (Å²) in [5, 5.41) is 0.463. The molecule has 0 bridgehead atoms. The number of hydrogen-bond donors (Lipinski definition) is 0. The highest BCUT2D eigenvalue weighted by Crippen LogP contribution is 2.29. The van der Waals surface area contributed by atoms with Gasteiger partial charge >= 0.3 is 0 Å². The molecule has 0 spiro atoms. The molecule has 2 saturated heterocycles. The van der Waals surface area contributed by atoms with E-state index in [1.54, 1.807) is 11.2 Å². The van der Waals surface area contributed by atoms with Crippen molar-refractivity contribution in [2.45, 2.75) is 13.0 Å². The molecule has 0 saturated carbocycles. The van der Waals surface area contributed by atoms with Crippen molar-refractivity contribution in [3.8, 4) is 0 Å². The van der Waals surface area contributed by atoms with Crippen LogP contribution in [-0.2, 0) is 16.1 Å². The van der Waals surface area contributed by atoms with Gasteiger partial charge in [-0.1, -0.05) is 11.6 Å². The number of hydrogen-bond acceptors (Lipinski definition) is 5. The van der Waals surface area contributed by atoms with Crippen LogP contribution in [0.5, 0.6) is 0 Å². The summed E-state index contributed by atoms with van der Waals surface area (Å²) in [6, 6.07) is 1.87. The predicted molar refractivity (Wildman–Crippen MR) is 91.3 cm³/mol. The second-order valence-electron chi connectivity index (χ2n) is 6.48. The van der Waals surface area contributed by atoms with E-state index in [1.165, 1.54) is 0 Å². The number of amides is 1. The number of fused-ring (bicyclic) bond motifs is 1. The molecule has 24 heavy (non-hydrogen) atoms. The third-order valence-electron chi connectivity index (χ3n) is 4.75. The molecule has 128 valence electrons. The van der Waals surface area contributed by atoms with Crippen molar-refractivity contribution in [3.63, 3.8) is 0 Å². The Balaban J connectivity index is 1.66. The molecule has 2 aliphatic rings. The fraction of sp³-hybridized carbons (Fsp3) is 0.562. The number of aromatic nitrogens is 3. The first-order chi connectivity index (χ1) is 11.6. The Bertz CT molecular complexity index is 771. The number of ether oxygens (including phenoxy) is 1. The van der Waals surface area contributed by atoms with Crippen LogP contribution in [0.3, 0.4) is 0 Å². The third-order valence-corrected chi connectivity index (χ3v) is 4.94. The molecular weight excluding hydrogens is 330 g/mol. The monoisotopic (exact) mass is 349 g/mol. The van der Waals surface area contributed by atoms with E-state index in [0.717, 1.165) is 43.0 Å². The minimum absolute atomic E-state index is 0.199. The minimum atomic E-state index is 0.199. The average Bonchev–Trinajstić information content (AvgIpc) is 3.11. The first kappa shape index (κ1) is 15.7. The lowest BCUT2D eigenvalue weighted by Crippen LogP contribution is -2.36. The van der Waals surface area contributed by atoms with Gasteiger partial charge in [-0.25, -0.2) is 9.97 Å². The van der Waals surface area contributed by atoms with E-state index in [0.29, 0.717) is 24.8 Å². The Morgan fingerprint density at radius 3 is 2.88 bits per heavy atom. The molecule has 2 aromatic rings. The molecule has 0 radical (unpaired) electrons. The largest absolute Gasteiger partial charge is 0.378 e. The maximum Gasteiger partial charge on any atom is 0.222 e. The van der Waals surface area contributed by atoms with Crippen molar-refractivity contribution < 1.29 is 9.53 Å². The highest BCUT2D eigenvalue weighted by atomic mass is 35.5. The van der Waals surface area contributed by atoms with Gasteiger partial charge in [0.05, 0.1) is 25.2 Å². The molecular formula is C16H20ClN5O2. The summed E-state index contributed by atoms with van der Waals surface area (Å²) in [7, 11) is 1.85. The van der Waals surface area contributed by atoms with Crippen LogP contribution >= 0.6 is 11.6 Å². The summed E-state index contributed by atoms with van der Waals surface area (Å²) in [6.07, 6.45) is 2.38. The molecule has 2 fully saturated rings. The van der Waals surface area contributed by atoms with E-state index < -0.39 is 0 Å². The van der Waals surface area contributed by atoms with E-state index >= 15 is 0 Å². The van der Waals surface area contributed by atoms with Crippen molar-refractivity contribution in [2.24, 2.45) is 5.92 Å². The number of halogens is 1. The van der Waals surface area contributed by atoms with Gasteiger partial charge in [-0.3, -0.25) is 4.79 Å². The van der Waals surface area contributed by atoms with E-state index in [4.69, 9.17) is 16.3 Å². The van der Waals surface area contributed by atoms with Gasteiger partial charge in [0.1, 0.15) is 10.7 Å². The third kappa shape index (κ3) is 2.82.